The minimum atomic E-state index is -1.33. The van der Waals surface area contributed by atoms with Gasteiger partial charge in [-0.3, -0.25) is 24.6 Å². The van der Waals surface area contributed by atoms with Gasteiger partial charge in [0.2, 0.25) is 17.7 Å². The molecule has 1 aromatic carbocycles. The number of rotatable bonds is 11. The molecule has 2 fully saturated rings. The number of nitrogens with one attached hydrogen (secondary N) is 2. The Hall–Kier alpha value is -3.93. The van der Waals surface area contributed by atoms with Crippen LogP contribution in [0.25, 0.3) is 10.9 Å². The molecule has 7 N–H and O–H groups in total. The van der Waals surface area contributed by atoms with E-state index in [9.17, 15) is 19.2 Å². The zero-order chi connectivity index (χ0) is 28.3. The van der Waals surface area contributed by atoms with Crippen LogP contribution in [0.5, 0.6) is 0 Å². The molecule has 210 valence electrons. The van der Waals surface area contributed by atoms with Crippen LogP contribution in [-0.4, -0.2) is 86.8 Å². The van der Waals surface area contributed by atoms with Crippen molar-refractivity contribution in [2.75, 3.05) is 19.6 Å². The number of carbonyl (C=O) groups is 4. The molecule has 0 aliphatic carbocycles. The lowest BCUT2D eigenvalue weighted by molar-refractivity contribution is -0.141. The molecule has 12 heteroatoms. The van der Waals surface area contributed by atoms with E-state index in [0.29, 0.717) is 25.1 Å². The quantitative estimate of drug-likeness (QED) is 0.202. The minimum Gasteiger partial charge on any atom is -0.480 e. The number of carbonyl (C=O) groups excluding carboxylic acids is 3. The van der Waals surface area contributed by atoms with Crippen LogP contribution in [0.1, 0.15) is 50.3 Å². The summed E-state index contributed by atoms with van der Waals surface area (Å²) in [6, 6.07) is 5.91. The highest BCUT2D eigenvalue weighted by Crippen LogP contribution is 2.26. The van der Waals surface area contributed by atoms with E-state index >= 15 is 0 Å². The Morgan fingerprint density at radius 1 is 1.21 bits per heavy atom. The van der Waals surface area contributed by atoms with Crippen LogP contribution in [0, 0.1) is 5.41 Å². The van der Waals surface area contributed by atoms with E-state index < -0.39 is 30.4 Å². The lowest BCUT2D eigenvalue weighted by Crippen LogP contribution is -2.47. The number of hydrogen-bond donors (Lipinski definition) is 5. The first-order valence-electron chi connectivity index (χ1n) is 13.4. The van der Waals surface area contributed by atoms with Gasteiger partial charge in [0.05, 0.1) is 13.0 Å². The van der Waals surface area contributed by atoms with Gasteiger partial charge in [0, 0.05) is 42.5 Å². The van der Waals surface area contributed by atoms with Crippen molar-refractivity contribution in [3.63, 3.8) is 0 Å². The average Bonchev–Trinajstić information content (AvgIpc) is 3.59. The SMILES string of the molecule is CCn1c(CC[C@@H]2CCCN2C(=O)CN2CC[C@H](NC(=O)C[C@H](N)C(=O)O)C2=O)cc2ccc(C(=N)N)cc21. The highest BCUT2D eigenvalue weighted by Gasteiger charge is 2.36. The normalized spacial score (nSPS) is 20.0. The lowest BCUT2D eigenvalue weighted by atomic mass is 10.1. The molecule has 0 unspecified atom stereocenters. The molecule has 3 heterocycles. The number of aromatic nitrogens is 1. The smallest absolute Gasteiger partial charge is 0.321 e. The minimum absolute atomic E-state index is 0.0370. The molecular formula is C27H37N7O5. The number of likely N-dealkylation sites (tertiary alicyclic amines) is 2. The van der Waals surface area contributed by atoms with Gasteiger partial charge in [-0.2, -0.15) is 0 Å². The standard InChI is InChI=1S/C27H37N7O5/c1-2-33-19(12-16-5-6-17(25(29)30)13-22(16)33)8-7-18-4-3-10-34(18)24(36)15-32-11-9-21(26(32)37)31-23(35)14-20(28)27(38)39/h5-6,12-13,18,20-21H,2-4,7-11,14-15,28H2,1H3,(H3,29,30)(H,31,35)(H,38,39)/t18-,20-,21-/m0/s1. The maximum Gasteiger partial charge on any atom is 0.321 e. The number of fused-ring (bicyclic) bond motifs is 1. The number of hydrogen-bond acceptors (Lipinski definition) is 6. The fraction of sp³-hybridized carbons (Fsp3) is 0.519. The van der Waals surface area contributed by atoms with Gasteiger partial charge in [-0.15, -0.1) is 0 Å². The zero-order valence-corrected chi connectivity index (χ0v) is 22.2. The molecule has 3 amide bonds. The van der Waals surface area contributed by atoms with E-state index in [1.165, 1.54) is 10.6 Å². The molecule has 0 radical (unpaired) electrons. The number of aryl methyl sites for hydroxylation is 2. The highest BCUT2D eigenvalue weighted by atomic mass is 16.4. The number of aliphatic carboxylic acids is 1. The molecule has 0 saturated carbocycles. The third kappa shape index (κ3) is 6.22. The number of amides is 3. The summed E-state index contributed by atoms with van der Waals surface area (Å²) in [4.78, 5) is 52.3. The Morgan fingerprint density at radius 2 is 1.97 bits per heavy atom. The van der Waals surface area contributed by atoms with Crippen molar-refractivity contribution in [1.29, 1.82) is 5.41 Å². The van der Waals surface area contributed by atoms with E-state index in [1.807, 2.05) is 23.1 Å². The number of benzene rings is 1. The summed E-state index contributed by atoms with van der Waals surface area (Å²) in [7, 11) is 0. The second-order valence-corrected chi connectivity index (χ2v) is 10.3. The van der Waals surface area contributed by atoms with Crippen LogP contribution >= 0.6 is 0 Å². The van der Waals surface area contributed by atoms with E-state index in [1.54, 1.807) is 0 Å². The fourth-order valence-electron chi connectivity index (χ4n) is 5.66. The summed E-state index contributed by atoms with van der Waals surface area (Å²) in [5.74, 6) is -2.29. The Kier molecular flexibility index (Phi) is 8.54. The number of nitrogens with zero attached hydrogens (tertiary/aromatic N) is 3. The van der Waals surface area contributed by atoms with Crippen molar-refractivity contribution in [1.82, 2.24) is 19.7 Å². The van der Waals surface area contributed by atoms with E-state index in [2.05, 4.69) is 22.9 Å². The first kappa shape index (κ1) is 28.1. The molecule has 39 heavy (non-hydrogen) atoms. The second-order valence-electron chi connectivity index (χ2n) is 10.3. The zero-order valence-electron chi connectivity index (χ0n) is 22.2. The predicted molar refractivity (Wildman–Crippen MR) is 145 cm³/mol. The van der Waals surface area contributed by atoms with Crippen LogP contribution in [0.4, 0.5) is 0 Å². The molecule has 2 saturated heterocycles. The molecule has 3 atom stereocenters. The largest absolute Gasteiger partial charge is 0.480 e. The summed E-state index contributed by atoms with van der Waals surface area (Å²) in [5.41, 5.74) is 14.0. The maximum atomic E-state index is 13.2. The Balaban J connectivity index is 1.34. The van der Waals surface area contributed by atoms with E-state index in [0.717, 1.165) is 43.1 Å². The van der Waals surface area contributed by atoms with Gasteiger partial charge in [-0.1, -0.05) is 12.1 Å². The third-order valence-electron chi connectivity index (χ3n) is 7.73. The van der Waals surface area contributed by atoms with Gasteiger partial charge >= 0.3 is 5.97 Å². The molecule has 0 spiro atoms. The second kappa shape index (κ2) is 11.9. The summed E-state index contributed by atoms with van der Waals surface area (Å²) < 4.78 is 2.23. The molecule has 2 aromatic rings. The van der Waals surface area contributed by atoms with Crippen molar-refractivity contribution in [2.24, 2.45) is 11.5 Å². The summed E-state index contributed by atoms with van der Waals surface area (Å²) in [6.07, 6.45) is 3.35. The van der Waals surface area contributed by atoms with Gasteiger partial charge in [-0.05, 0) is 56.5 Å². The highest BCUT2D eigenvalue weighted by molar-refractivity contribution is 5.98. The van der Waals surface area contributed by atoms with Gasteiger partial charge < -0.3 is 36.3 Å². The van der Waals surface area contributed by atoms with Gasteiger partial charge in [0.25, 0.3) is 0 Å². The van der Waals surface area contributed by atoms with E-state index in [-0.39, 0.29) is 30.2 Å². The van der Waals surface area contributed by atoms with Gasteiger partial charge in [0.1, 0.15) is 17.9 Å². The van der Waals surface area contributed by atoms with Crippen LogP contribution in [-0.2, 0) is 32.1 Å². The predicted octanol–water partition coefficient (Wildman–Crippen LogP) is 0.388. The average molecular weight is 540 g/mol. The van der Waals surface area contributed by atoms with Crippen LogP contribution < -0.4 is 16.8 Å². The Morgan fingerprint density at radius 3 is 2.67 bits per heavy atom. The van der Waals surface area contributed by atoms with Crippen molar-refractivity contribution >= 4 is 40.4 Å². The lowest BCUT2D eigenvalue weighted by Gasteiger charge is -2.27. The molecule has 12 nitrogen and oxygen atoms in total. The molecule has 2 aliphatic rings. The van der Waals surface area contributed by atoms with E-state index in [4.69, 9.17) is 22.0 Å². The number of carboxylic acids is 1. The topological polar surface area (TPSA) is 188 Å². The number of nitrogen functional groups attached to an aromatic ring is 1. The first-order valence-corrected chi connectivity index (χ1v) is 13.4. The number of carboxylic acid groups (broad SMARTS) is 1. The fourth-order valence-corrected chi connectivity index (χ4v) is 5.66. The van der Waals surface area contributed by atoms with Crippen LogP contribution in [0.2, 0.25) is 0 Å². The van der Waals surface area contributed by atoms with Gasteiger partial charge in [0.15, 0.2) is 0 Å². The number of nitrogens with two attached hydrogens (primary N) is 2. The van der Waals surface area contributed by atoms with Crippen molar-refractivity contribution in [3.05, 3.63) is 35.5 Å². The summed E-state index contributed by atoms with van der Waals surface area (Å²) in [5, 5.41) is 20.2. The Labute approximate surface area is 226 Å². The van der Waals surface area contributed by atoms with Crippen molar-refractivity contribution in [2.45, 2.75) is 70.1 Å². The Bertz CT molecular complexity index is 1290. The molecule has 2 aliphatic heterocycles. The first-order chi connectivity index (χ1) is 18.6. The molecule has 4 rings (SSSR count). The van der Waals surface area contributed by atoms with Gasteiger partial charge in [-0.25, -0.2) is 0 Å². The van der Waals surface area contributed by atoms with Crippen LogP contribution in [0.15, 0.2) is 24.3 Å². The number of amidine groups is 1. The van der Waals surface area contributed by atoms with Crippen molar-refractivity contribution in [3.8, 4) is 0 Å². The van der Waals surface area contributed by atoms with Crippen molar-refractivity contribution < 1.29 is 24.3 Å². The maximum absolute atomic E-state index is 13.2. The molecule has 0 bridgehead atoms. The summed E-state index contributed by atoms with van der Waals surface area (Å²) >= 11 is 0. The third-order valence-corrected chi connectivity index (χ3v) is 7.73. The molecule has 1 aromatic heterocycles. The molecular weight excluding hydrogens is 502 g/mol. The monoisotopic (exact) mass is 539 g/mol. The van der Waals surface area contributed by atoms with Crippen LogP contribution in [0.3, 0.4) is 0 Å². The summed E-state index contributed by atoms with van der Waals surface area (Å²) in [6.45, 7) is 3.82.